The van der Waals surface area contributed by atoms with Crippen molar-refractivity contribution in [2.75, 3.05) is 0 Å². The van der Waals surface area contributed by atoms with Crippen LogP contribution in [0.4, 0.5) is 0 Å². The van der Waals surface area contributed by atoms with E-state index < -0.39 is 127 Å². The van der Waals surface area contributed by atoms with Crippen molar-refractivity contribution in [2.45, 2.75) is 136 Å². The Morgan fingerprint density at radius 1 is 0.667 bits per heavy atom. The number of aliphatic carboxylic acids is 3. The van der Waals surface area contributed by atoms with Gasteiger partial charge in [-0.2, -0.15) is 0 Å². The molecule has 1 unspecified atom stereocenters. The van der Waals surface area contributed by atoms with Gasteiger partial charge in [0.1, 0.15) is 36.5 Å². The summed E-state index contributed by atoms with van der Waals surface area (Å²) in [4.78, 5) is 127. The van der Waals surface area contributed by atoms with E-state index in [4.69, 9.17) is 5.11 Å². The van der Waals surface area contributed by atoms with E-state index in [0.29, 0.717) is 11.8 Å². The molecule has 332 valence electrons. The van der Waals surface area contributed by atoms with Crippen LogP contribution in [0.25, 0.3) is 0 Å². The maximum atomic E-state index is 14.2. The molecule has 0 heterocycles. The zero-order valence-electron chi connectivity index (χ0n) is 35.2. The van der Waals surface area contributed by atoms with Crippen molar-refractivity contribution in [1.29, 1.82) is 0 Å². The number of hydrogen-bond donors (Lipinski definition) is 9. The second kappa shape index (κ2) is 25.4. The number of aldehydes is 1. The van der Waals surface area contributed by atoms with Crippen LogP contribution in [0, 0.1) is 18.3 Å². The smallest absolute Gasteiger partial charge is 0.305 e. The van der Waals surface area contributed by atoms with Gasteiger partial charge in [-0.25, -0.2) is 0 Å². The Bertz CT molecular complexity index is 1740. The molecular weight excluding hydrogens is 784 g/mol. The number of rotatable bonds is 26. The molecule has 0 fully saturated rings. The third-order valence-electron chi connectivity index (χ3n) is 9.07. The van der Waals surface area contributed by atoms with Gasteiger partial charge < -0.3 is 52.0 Å². The molecule has 0 radical (unpaired) electrons. The first kappa shape index (κ1) is 51.9. The van der Waals surface area contributed by atoms with Crippen molar-refractivity contribution >= 4 is 59.6 Å². The van der Waals surface area contributed by atoms with Gasteiger partial charge in [0.05, 0.1) is 18.9 Å². The van der Waals surface area contributed by atoms with Gasteiger partial charge in [-0.15, -0.1) is 0 Å². The number of carbonyl (C=O) groups is 10. The van der Waals surface area contributed by atoms with Gasteiger partial charge in [0.2, 0.25) is 35.4 Å². The zero-order valence-corrected chi connectivity index (χ0v) is 35.2. The van der Waals surface area contributed by atoms with Crippen molar-refractivity contribution < 1.29 is 63.3 Å². The number of hydrogen-bond acceptors (Lipinski definition) is 10. The van der Waals surface area contributed by atoms with E-state index in [-0.39, 0.29) is 25.2 Å². The lowest BCUT2D eigenvalue weighted by molar-refractivity contribution is -0.142. The van der Waals surface area contributed by atoms with Gasteiger partial charge >= 0.3 is 17.9 Å². The molecule has 19 heteroatoms. The standard InChI is InChI=1S/C41H60N6O13/c1-8-9-14-26(22-48)42-37(57)28(19-23(2)3)46-40(60)35(41(5,6)7)47-39(59)29(20-25-13-11-10-12-24(25)4)45-36(56)27(15-17-32(50)51)44-38(58)30(21-34(54)55)43-31(49)16-18-33(52)53/h8-13,22-23,26-30,35H,14-21H2,1-7H3,(H,42,57)(H,43,49)(H,44,58)(H,45,56)(H,46,60)(H,47,59)(H,50,51)(H,52,53)(H,54,55)/b9-8+/t26?,27-,28-,29-,30-,35+/m0/s1. The molecule has 0 saturated heterocycles. The Balaban J connectivity index is 3.55. The highest BCUT2D eigenvalue weighted by molar-refractivity contribution is 5.98. The molecule has 6 atom stereocenters. The highest BCUT2D eigenvalue weighted by atomic mass is 16.4. The van der Waals surface area contributed by atoms with Crippen molar-refractivity contribution in [3.63, 3.8) is 0 Å². The highest BCUT2D eigenvalue weighted by Crippen LogP contribution is 2.21. The average Bonchev–Trinajstić information content (AvgIpc) is 3.14. The van der Waals surface area contributed by atoms with Crippen LogP contribution >= 0.6 is 0 Å². The first-order chi connectivity index (χ1) is 28.0. The van der Waals surface area contributed by atoms with Crippen LogP contribution in [0.1, 0.15) is 97.6 Å². The topological polar surface area (TPSA) is 304 Å². The molecule has 1 aromatic carbocycles. The van der Waals surface area contributed by atoms with Crippen LogP contribution in [-0.4, -0.2) is 111 Å². The third-order valence-corrected chi connectivity index (χ3v) is 9.07. The van der Waals surface area contributed by atoms with E-state index in [1.807, 2.05) is 13.8 Å². The Kier molecular flexibility index (Phi) is 21.9. The summed E-state index contributed by atoms with van der Waals surface area (Å²) >= 11 is 0. The minimum atomic E-state index is -1.79. The van der Waals surface area contributed by atoms with Crippen LogP contribution in [0.15, 0.2) is 36.4 Å². The number of nitrogens with one attached hydrogen (secondary N) is 6. The first-order valence-corrected chi connectivity index (χ1v) is 19.6. The van der Waals surface area contributed by atoms with Crippen molar-refractivity contribution in [3.05, 3.63) is 47.5 Å². The summed E-state index contributed by atoms with van der Waals surface area (Å²) in [6.45, 7) is 12.2. The summed E-state index contributed by atoms with van der Waals surface area (Å²) in [5.74, 6) is -9.73. The third kappa shape index (κ3) is 19.5. The van der Waals surface area contributed by atoms with Gasteiger partial charge in [0, 0.05) is 19.3 Å². The molecule has 0 aliphatic carbocycles. The molecule has 6 amide bonds. The largest absolute Gasteiger partial charge is 0.481 e. The summed E-state index contributed by atoms with van der Waals surface area (Å²) in [7, 11) is 0. The molecule has 0 spiro atoms. The zero-order chi connectivity index (χ0) is 45.7. The number of amides is 6. The lowest BCUT2D eigenvalue weighted by Gasteiger charge is -2.33. The average molecular weight is 845 g/mol. The summed E-state index contributed by atoms with van der Waals surface area (Å²) < 4.78 is 0. The molecule has 0 bridgehead atoms. The molecule has 0 saturated carbocycles. The van der Waals surface area contributed by atoms with E-state index in [0.717, 1.165) is 5.56 Å². The van der Waals surface area contributed by atoms with E-state index in [1.165, 1.54) is 0 Å². The van der Waals surface area contributed by atoms with Crippen molar-refractivity contribution in [3.8, 4) is 0 Å². The van der Waals surface area contributed by atoms with Crippen LogP contribution in [0.5, 0.6) is 0 Å². The molecule has 0 aliphatic heterocycles. The summed E-state index contributed by atoms with van der Waals surface area (Å²) in [5, 5.41) is 42.6. The Labute approximate surface area is 349 Å². The van der Waals surface area contributed by atoms with Gasteiger partial charge in [-0.1, -0.05) is 71.0 Å². The van der Waals surface area contributed by atoms with Gasteiger partial charge in [-0.05, 0) is 55.6 Å². The molecule has 9 N–H and O–H groups in total. The van der Waals surface area contributed by atoms with Gasteiger partial charge in [0.25, 0.3) is 0 Å². The first-order valence-electron chi connectivity index (χ1n) is 19.6. The van der Waals surface area contributed by atoms with Crippen LogP contribution in [0.2, 0.25) is 0 Å². The highest BCUT2D eigenvalue weighted by Gasteiger charge is 2.38. The Morgan fingerprint density at radius 3 is 1.75 bits per heavy atom. The number of carboxylic acids is 3. The van der Waals surface area contributed by atoms with E-state index in [9.17, 15) is 58.2 Å². The minimum Gasteiger partial charge on any atom is -0.481 e. The van der Waals surface area contributed by atoms with Crippen LogP contribution in [-0.2, 0) is 54.4 Å². The lowest BCUT2D eigenvalue weighted by atomic mass is 9.85. The van der Waals surface area contributed by atoms with Gasteiger partial charge in [-0.3, -0.25) is 43.2 Å². The van der Waals surface area contributed by atoms with Crippen molar-refractivity contribution in [2.24, 2.45) is 11.3 Å². The molecule has 0 aromatic heterocycles. The summed E-state index contributed by atoms with van der Waals surface area (Å²) in [6.07, 6.45) is 0.902. The molecule has 0 aliphatic rings. The second-order valence-electron chi connectivity index (χ2n) is 15.9. The van der Waals surface area contributed by atoms with Crippen LogP contribution in [0.3, 0.4) is 0 Å². The summed E-state index contributed by atoms with van der Waals surface area (Å²) in [6, 6.07) is -1.29. The van der Waals surface area contributed by atoms with Gasteiger partial charge in [0.15, 0.2) is 0 Å². The quantitative estimate of drug-likeness (QED) is 0.0463. The number of aryl methyl sites for hydroxylation is 1. The summed E-state index contributed by atoms with van der Waals surface area (Å²) in [5.41, 5.74) is 0.341. The number of benzene rings is 1. The van der Waals surface area contributed by atoms with Crippen LogP contribution < -0.4 is 31.9 Å². The Morgan fingerprint density at radius 2 is 1.22 bits per heavy atom. The second-order valence-corrected chi connectivity index (χ2v) is 15.9. The maximum Gasteiger partial charge on any atom is 0.305 e. The number of carboxylic acid groups (broad SMARTS) is 3. The monoisotopic (exact) mass is 844 g/mol. The Hall–Kier alpha value is -6.14. The maximum absolute atomic E-state index is 14.2. The van der Waals surface area contributed by atoms with E-state index >= 15 is 0 Å². The molecule has 1 aromatic rings. The molecule has 19 nitrogen and oxygen atoms in total. The molecule has 1 rings (SSSR count). The predicted molar refractivity (Wildman–Crippen MR) is 217 cm³/mol. The normalized spacial score (nSPS) is 14.3. The number of carbonyl (C=O) groups excluding carboxylic acids is 7. The van der Waals surface area contributed by atoms with Crippen molar-refractivity contribution in [1.82, 2.24) is 31.9 Å². The lowest BCUT2D eigenvalue weighted by Crippen LogP contribution is -2.62. The number of allylic oxidation sites excluding steroid dienone is 1. The fourth-order valence-electron chi connectivity index (χ4n) is 5.81. The SMILES string of the molecule is C/C=C/CC(C=O)NC(=O)[C@H](CC(C)C)NC(=O)[C@@H](NC(=O)[C@H](Cc1ccccc1C)NC(=O)[C@H](CCC(=O)O)NC(=O)[C@H](CC(=O)O)NC(=O)CCC(=O)O)C(C)(C)C. The molecule has 60 heavy (non-hydrogen) atoms. The minimum absolute atomic E-state index is 0.0789. The van der Waals surface area contributed by atoms with E-state index in [2.05, 4.69) is 31.9 Å². The molecular formula is C41H60N6O13. The predicted octanol–water partition coefficient (Wildman–Crippen LogP) is 0.908. The van der Waals surface area contributed by atoms with E-state index in [1.54, 1.807) is 71.0 Å². The fourth-order valence-corrected chi connectivity index (χ4v) is 5.81. The fraction of sp³-hybridized carbons (Fsp3) is 0.561.